The van der Waals surface area contributed by atoms with Crippen LogP contribution in [-0.2, 0) is 14.8 Å². The number of nitrogens with one attached hydrogen (secondary N) is 1. The SMILES string of the molecule is CN(C)C1(CNc2ccc(S(=O)(=O)N(C)C3CC(O)C3)c3ccncc23)CCC1.O=C(O)C(F)(F)F. The van der Waals surface area contributed by atoms with Gasteiger partial charge in [-0.2, -0.15) is 17.5 Å². The van der Waals surface area contributed by atoms with E-state index in [1.807, 2.05) is 6.07 Å². The van der Waals surface area contributed by atoms with Gasteiger partial charge in [-0.3, -0.25) is 4.98 Å². The van der Waals surface area contributed by atoms with Gasteiger partial charge in [0.2, 0.25) is 10.0 Å². The Balaban J connectivity index is 0.000000454. The molecule has 3 N–H and O–H groups in total. The van der Waals surface area contributed by atoms with Crippen LogP contribution in [0.25, 0.3) is 10.8 Å². The molecular weight excluding hydrogens is 501 g/mol. The van der Waals surface area contributed by atoms with Crippen LogP contribution in [0.3, 0.4) is 0 Å². The smallest absolute Gasteiger partial charge is 0.475 e. The molecule has 0 aliphatic heterocycles. The molecule has 0 radical (unpaired) electrons. The zero-order chi connectivity index (χ0) is 26.9. The maximum atomic E-state index is 13.3. The van der Waals surface area contributed by atoms with E-state index in [-0.39, 0.29) is 16.5 Å². The van der Waals surface area contributed by atoms with E-state index in [0.29, 0.717) is 18.2 Å². The number of aliphatic carboxylic acids is 1. The van der Waals surface area contributed by atoms with Crippen molar-refractivity contribution in [3.63, 3.8) is 0 Å². The predicted molar refractivity (Wildman–Crippen MR) is 128 cm³/mol. The summed E-state index contributed by atoms with van der Waals surface area (Å²) in [5, 5.41) is 21.7. The second-order valence-electron chi connectivity index (χ2n) is 9.46. The molecule has 2 aromatic rings. The van der Waals surface area contributed by atoms with Gasteiger partial charge in [0.25, 0.3) is 0 Å². The first kappa shape index (κ1) is 28.1. The molecule has 36 heavy (non-hydrogen) atoms. The van der Waals surface area contributed by atoms with Crippen molar-refractivity contribution in [2.75, 3.05) is 33.0 Å². The number of halogens is 3. The van der Waals surface area contributed by atoms with Crippen molar-refractivity contribution in [1.29, 1.82) is 0 Å². The zero-order valence-electron chi connectivity index (χ0n) is 20.3. The Bertz CT molecular complexity index is 1200. The summed E-state index contributed by atoms with van der Waals surface area (Å²) in [6, 6.07) is 5.15. The summed E-state index contributed by atoms with van der Waals surface area (Å²) >= 11 is 0. The second kappa shape index (κ2) is 10.5. The summed E-state index contributed by atoms with van der Waals surface area (Å²) in [5.41, 5.74) is 1.06. The molecular formula is C23H31F3N4O5S. The fourth-order valence-corrected chi connectivity index (χ4v) is 5.95. The number of likely N-dealkylation sites (N-methyl/N-ethyl adjacent to an activating group) is 1. The number of aromatic nitrogens is 1. The van der Waals surface area contributed by atoms with Crippen molar-refractivity contribution in [1.82, 2.24) is 14.2 Å². The van der Waals surface area contributed by atoms with Crippen molar-refractivity contribution in [3.8, 4) is 0 Å². The van der Waals surface area contributed by atoms with Gasteiger partial charge >= 0.3 is 12.1 Å². The van der Waals surface area contributed by atoms with Crippen LogP contribution in [0.5, 0.6) is 0 Å². The summed E-state index contributed by atoms with van der Waals surface area (Å²) in [5.74, 6) is -2.76. The number of carboxylic acids is 1. The molecule has 0 atom stereocenters. The fourth-order valence-electron chi connectivity index (χ4n) is 4.38. The van der Waals surface area contributed by atoms with Gasteiger partial charge in [-0.1, -0.05) is 0 Å². The van der Waals surface area contributed by atoms with Gasteiger partial charge in [-0.15, -0.1) is 0 Å². The van der Waals surface area contributed by atoms with Crippen LogP contribution in [0.1, 0.15) is 32.1 Å². The number of anilines is 1. The van der Waals surface area contributed by atoms with Crippen LogP contribution < -0.4 is 5.32 Å². The first-order chi connectivity index (χ1) is 16.7. The molecule has 1 heterocycles. The monoisotopic (exact) mass is 532 g/mol. The number of sulfonamides is 1. The van der Waals surface area contributed by atoms with Crippen molar-refractivity contribution >= 4 is 32.5 Å². The summed E-state index contributed by atoms with van der Waals surface area (Å²) in [7, 11) is 2.17. The number of aliphatic hydroxyl groups excluding tert-OH is 1. The highest BCUT2D eigenvalue weighted by Crippen LogP contribution is 2.38. The number of fused-ring (bicyclic) bond motifs is 1. The minimum Gasteiger partial charge on any atom is -0.475 e. The first-order valence-corrected chi connectivity index (χ1v) is 12.9. The van der Waals surface area contributed by atoms with E-state index in [4.69, 9.17) is 9.90 Å². The lowest BCUT2D eigenvalue weighted by Gasteiger charge is -2.47. The van der Waals surface area contributed by atoms with Gasteiger partial charge in [-0.05, 0) is 64.4 Å². The topological polar surface area (TPSA) is 123 Å². The lowest BCUT2D eigenvalue weighted by molar-refractivity contribution is -0.192. The zero-order valence-corrected chi connectivity index (χ0v) is 21.1. The van der Waals surface area contributed by atoms with Gasteiger partial charge in [0, 0.05) is 54.0 Å². The fraction of sp³-hybridized carbons (Fsp3) is 0.565. The number of rotatable bonds is 7. The molecule has 0 amide bonds. The quantitative estimate of drug-likeness (QED) is 0.498. The number of nitrogens with zero attached hydrogens (tertiary/aromatic N) is 3. The van der Waals surface area contributed by atoms with Gasteiger partial charge in [-0.25, -0.2) is 13.2 Å². The Morgan fingerprint density at radius 3 is 2.25 bits per heavy atom. The van der Waals surface area contributed by atoms with E-state index in [1.165, 1.54) is 10.7 Å². The molecule has 0 unspecified atom stereocenters. The third-order valence-electron chi connectivity index (χ3n) is 7.12. The molecule has 0 saturated heterocycles. The molecule has 2 saturated carbocycles. The maximum Gasteiger partial charge on any atom is 0.490 e. The van der Waals surface area contributed by atoms with Crippen molar-refractivity contribution < 1.29 is 36.6 Å². The van der Waals surface area contributed by atoms with Gasteiger partial charge in [0.1, 0.15) is 0 Å². The first-order valence-electron chi connectivity index (χ1n) is 11.4. The van der Waals surface area contributed by atoms with Crippen molar-refractivity contribution in [2.45, 2.75) is 60.9 Å². The molecule has 13 heteroatoms. The standard InChI is InChI=1S/C21H30N4O3S.C2HF3O2/c1-24(2)21(8-4-9-21)14-23-19-5-6-20(17-7-10-22-13-18(17)19)29(27,28)25(3)15-11-16(26)12-15;3-2(4,5)1(6)7/h5-7,10,13,15-16,23,26H,4,8-9,11-12,14H2,1-3H3;(H,6,7). The lowest BCUT2D eigenvalue weighted by Crippen LogP contribution is -2.54. The van der Waals surface area contributed by atoms with E-state index in [2.05, 4.69) is 29.3 Å². The lowest BCUT2D eigenvalue weighted by atomic mass is 9.75. The number of pyridine rings is 1. The van der Waals surface area contributed by atoms with E-state index in [0.717, 1.165) is 30.5 Å². The highest BCUT2D eigenvalue weighted by atomic mass is 32.2. The van der Waals surface area contributed by atoms with E-state index < -0.39 is 28.3 Å². The number of hydrogen-bond donors (Lipinski definition) is 3. The molecule has 1 aromatic carbocycles. The van der Waals surface area contributed by atoms with E-state index in [1.54, 1.807) is 31.6 Å². The molecule has 200 valence electrons. The van der Waals surface area contributed by atoms with Crippen molar-refractivity contribution in [3.05, 3.63) is 30.6 Å². The van der Waals surface area contributed by atoms with Crippen LogP contribution in [0.4, 0.5) is 18.9 Å². The number of hydrogen-bond acceptors (Lipinski definition) is 7. The summed E-state index contributed by atoms with van der Waals surface area (Å²) < 4.78 is 59.7. The highest BCUT2D eigenvalue weighted by Gasteiger charge is 2.40. The van der Waals surface area contributed by atoms with Crippen LogP contribution in [0.15, 0.2) is 35.5 Å². The Morgan fingerprint density at radius 1 is 1.17 bits per heavy atom. The number of alkyl halides is 3. The van der Waals surface area contributed by atoms with Crippen LogP contribution in [-0.4, -0.2) is 90.3 Å². The third-order valence-corrected chi connectivity index (χ3v) is 9.09. The average Bonchev–Trinajstić information content (AvgIpc) is 2.75. The number of carbonyl (C=O) groups is 1. The largest absolute Gasteiger partial charge is 0.490 e. The normalized spacial score (nSPS) is 21.4. The summed E-state index contributed by atoms with van der Waals surface area (Å²) in [4.78, 5) is 15.7. The molecule has 0 bridgehead atoms. The van der Waals surface area contributed by atoms with Gasteiger partial charge < -0.3 is 20.4 Å². The van der Waals surface area contributed by atoms with Crippen LogP contribution >= 0.6 is 0 Å². The maximum absolute atomic E-state index is 13.3. The van der Waals surface area contributed by atoms with Crippen molar-refractivity contribution in [2.24, 2.45) is 0 Å². The van der Waals surface area contributed by atoms with Gasteiger partial charge in [0.05, 0.1) is 11.0 Å². The predicted octanol–water partition coefficient (Wildman–Crippen LogP) is 2.91. The number of aliphatic hydroxyl groups is 1. The molecule has 2 aliphatic carbocycles. The molecule has 2 fully saturated rings. The highest BCUT2D eigenvalue weighted by molar-refractivity contribution is 7.89. The molecule has 1 aromatic heterocycles. The Labute approximate surface area is 208 Å². The third kappa shape index (κ3) is 5.74. The average molecular weight is 533 g/mol. The van der Waals surface area contributed by atoms with Crippen LogP contribution in [0.2, 0.25) is 0 Å². The summed E-state index contributed by atoms with van der Waals surface area (Å²) in [6.07, 6.45) is 2.41. The minimum absolute atomic E-state index is 0.150. The van der Waals surface area contributed by atoms with Crippen LogP contribution in [0, 0.1) is 0 Å². The summed E-state index contributed by atoms with van der Waals surface area (Å²) in [6.45, 7) is 0.815. The Kier molecular flexibility index (Phi) is 8.18. The molecule has 4 rings (SSSR count). The number of benzene rings is 1. The Hall–Kier alpha value is -2.48. The van der Waals surface area contributed by atoms with Gasteiger partial charge in [0.15, 0.2) is 0 Å². The molecule has 0 spiro atoms. The Morgan fingerprint density at radius 2 is 1.78 bits per heavy atom. The molecule has 2 aliphatic rings. The minimum atomic E-state index is -5.08. The second-order valence-corrected chi connectivity index (χ2v) is 11.4. The van der Waals surface area contributed by atoms with E-state index >= 15 is 0 Å². The van der Waals surface area contributed by atoms with E-state index in [9.17, 15) is 26.7 Å². The number of carboxylic acid groups (broad SMARTS) is 1. The molecule has 9 nitrogen and oxygen atoms in total.